The molecule has 4 nitrogen and oxygen atoms in total. The monoisotopic (exact) mass is 173 g/mol. The van der Waals surface area contributed by atoms with Gasteiger partial charge >= 0.3 is 5.97 Å². The van der Waals surface area contributed by atoms with Gasteiger partial charge in [-0.05, 0) is 19.4 Å². The molecule has 0 amide bonds. The van der Waals surface area contributed by atoms with E-state index in [1.54, 1.807) is 0 Å². The van der Waals surface area contributed by atoms with Gasteiger partial charge in [0.2, 0.25) is 0 Å². The van der Waals surface area contributed by atoms with Crippen LogP contribution < -0.4 is 5.32 Å². The molecule has 1 aliphatic heterocycles. The first-order valence-electron chi connectivity index (χ1n) is 4.33. The van der Waals surface area contributed by atoms with Crippen LogP contribution in [0.2, 0.25) is 0 Å². The molecule has 70 valence electrons. The highest BCUT2D eigenvalue weighted by molar-refractivity contribution is 5.72. The summed E-state index contributed by atoms with van der Waals surface area (Å²) in [6, 6.07) is 0. The van der Waals surface area contributed by atoms with Crippen molar-refractivity contribution in [3.8, 4) is 0 Å². The zero-order chi connectivity index (χ0) is 8.97. The summed E-state index contributed by atoms with van der Waals surface area (Å²) in [7, 11) is 0. The van der Waals surface area contributed by atoms with E-state index in [0.29, 0.717) is 6.42 Å². The predicted molar refractivity (Wildman–Crippen MR) is 44.1 cm³/mol. The van der Waals surface area contributed by atoms with Crippen LogP contribution >= 0.6 is 0 Å². The number of hydrogen-bond acceptors (Lipinski definition) is 3. The summed E-state index contributed by atoms with van der Waals surface area (Å²) in [6.07, 6.45) is 0.913. The maximum absolute atomic E-state index is 10.6. The number of carbonyl (C=O) groups is 1. The van der Waals surface area contributed by atoms with Crippen LogP contribution in [0.3, 0.4) is 0 Å². The molecule has 0 bridgehead atoms. The van der Waals surface area contributed by atoms with E-state index in [-0.39, 0.29) is 6.10 Å². The van der Waals surface area contributed by atoms with Gasteiger partial charge in [-0.3, -0.25) is 0 Å². The third-order valence-electron chi connectivity index (χ3n) is 2.02. The van der Waals surface area contributed by atoms with Gasteiger partial charge in [-0.2, -0.15) is 0 Å². The van der Waals surface area contributed by atoms with Gasteiger partial charge in [-0.15, -0.1) is 0 Å². The number of hydrogen-bond donors (Lipinski definition) is 2. The molecule has 1 aliphatic rings. The zero-order valence-electron chi connectivity index (χ0n) is 7.25. The Morgan fingerprint density at radius 1 is 1.83 bits per heavy atom. The number of carboxylic acids is 1. The molecule has 0 saturated carbocycles. The van der Waals surface area contributed by atoms with Gasteiger partial charge in [0.1, 0.15) is 0 Å². The quantitative estimate of drug-likeness (QED) is 0.639. The van der Waals surface area contributed by atoms with Gasteiger partial charge in [-0.25, -0.2) is 4.79 Å². The van der Waals surface area contributed by atoms with Crippen molar-refractivity contribution in [1.29, 1.82) is 0 Å². The molecule has 2 N–H and O–H groups in total. The van der Waals surface area contributed by atoms with Crippen LogP contribution in [0.4, 0.5) is 0 Å². The van der Waals surface area contributed by atoms with Crippen molar-refractivity contribution < 1.29 is 14.6 Å². The summed E-state index contributed by atoms with van der Waals surface area (Å²) in [4.78, 5) is 10.6. The molecule has 2 unspecified atom stereocenters. The highest BCUT2D eigenvalue weighted by Crippen LogP contribution is 2.09. The molecule has 0 spiro atoms. The van der Waals surface area contributed by atoms with Crippen molar-refractivity contribution >= 4 is 5.97 Å². The van der Waals surface area contributed by atoms with Gasteiger partial charge < -0.3 is 15.2 Å². The molecule has 1 saturated heterocycles. The molecule has 0 aromatic carbocycles. The van der Waals surface area contributed by atoms with Crippen LogP contribution in [-0.2, 0) is 9.53 Å². The van der Waals surface area contributed by atoms with E-state index in [1.165, 1.54) is 0 Å². The minimum atomic E-state index is -0.857. The molecular weight excluding hydrogens is 158 g/mol. The van der Waals surface area contributed by atoms with Crippen LogP contribution in [0.25, 0.3) is 0 Å². The van der Waals surface area contributed by atoms with E-state index < -0.39 is 12.1 Å². The summed E-state index contributed by atoms with van der Waals surface area (Å²) in [5.41, 5.74) is 0. The molecular formula is C8H15NO3. The summed E-state index contributed by atoms with van der Waals surface area (Å²) in [6.45, 7) is 3.53. The lowest BCUT2D eigenvalue weighted by atomic mass is 10.2. The van der Waals surface area contributed by atoms with Crippen molar-refractivity contribution in [3.63, 3.8) is 0 Å². The number of aliphatic carboxylic acids is 1. The Hall–Kier alpha value is -0.610. The van der Waals surface area contributed by atoms with Crippen molar-refractivity contribution in [1.82, 2.24) is 5.32 Å². The van der Waals surface area contributed by atoms with Crippen LogP contribution in [0, 0.1) is 0 Å². The lowest BCUT2D eigenvalue weighted by molar-refractivity contribution is -0.153. The molecule has 1 fully saturated rings. The highest BCUT2D eigenvalue weighted by Gasteiger charge is 2.23. The predicted octanol–water partition coefficient (Wildman–Crippen LogP) is 0.228. The molecule has 0 aliphatic carbocycles. The lowest BCUT2D eigenvalue weighted by Crippen LogP contribution is -2.29. The van der Waals surface area contributed by atoms with E-state index in [4.69, 9.17) is 9.84 Å². The highest BCUT2D eigenvalue weighted by atomic mass is 16.5. The van der Waals surface area contributed by atoms with Gasteiger partial charge in [0, 0.05) is 6.54 Å². The SMILES string of the molecule is CCC(OC1CCNC1)C(=O)O. The van der Waals surface area contributed by atoms with Crippen molar-refractivity contribution in [3.05, 3.63) is 0 Å². The maximum atomic E-state index is 10.6. The summed E-state index contributed by atoms with van der Waals surface area (Å²) < 4.78 is 5.36. The Morgan fingerprint density at radius 2 is 2.58 bits per heavy atom. The van der Waals surface area contributed by atoms with Crippen LogP contribution in [0.1, 0.15) is 19.8 Å². The average Bonchev–Trinajstić information content (AvgIpc) is 2.51. The number of ether oxygens (including phenoxy) is 1. The third kappa shape index (κ3) is 2.46. The van der Waals surface area contributed by atoms with Crippen LogP contribution in [0.15, 0.2) is 0 Å². The fourth-order valence-corrected chi connectivity index (χ4v) is 1.31. The fourth-order valence-electron chi connectivity index (χ4n) is 1.31. The summed E-state index contributed by atoms with van der Waals surface area (Å²) in [5, 5.41) is 11.8. The molecule has 0 aromatic rings. The first-order chi connectivity index (χ1) is 5.74. The molecule has 0 aromatic heterocycles. The second kappa shape index (κ2) is 4.42. The zero-order valence-corrected chi connectivity index (χ0v) is 7.25. The molecule has 0 radical (unpaired) electrons. The van der Waals surface area contributed by atoms with Crippen molar-refractivity contribution in [2.24, 2.45) is 0 Å². The first-order valence-corrected chi connectivity index (χ1v) is 4.33. The average molecular weight is 173 g/mol. The molecule has 1 heterocycles. The Bertz CT molecular complexity index is 154. The van der Waals surface area contributed by atoms with Crippen molar-refractivity contribution in [2.45, 2.75) is 32.0 Å². The Kier molecular flexibility index (Phi) is 3.49. The van der Waals surface area contributed by atoms with Gasteiger partial charge in [0.15, 0.2) is 6.10 Å². The summed E-state index contributed by atoms with van der Waals surface area (Å²) in [5.74, 6) is -0.857. The second-order valence-corrected chi connectivity index (χ2v) is 2.99. The normalized spacial score (nSPS) is 25.6. The van der Waals surface area contributed by atoms with Gasteiger partial charge in [-0.1, -0.05) is 6.92 Å². The van der Waals surface area contributed by atoms with Crippen LogP contribution in [-0.4, -0.2) is 36.4 Å². The van der Waals surface area contributed by atoms with Crippen molar-refractivity contribution in [2.75, 3.05) is 13.1 Å². The van der Waals surface area contributed by atoms with Gasteiger partial charge in [0.25, 0.3) is 0 Å². The number of nitrogens with one attached hydrogen (secondary N) is 1. The third-order valence-corrected chi connectivity index (χ3v) is 2.02. The van der Waals surface area contributed by atoms with Crippen LogP contribution in [0.5, 0.6) is 0 Å². The number of rotatable bonds is 4. The Balaban J connectivity index is 2.30. The fraction of sp³-hybridized carbons (Fsp3) is 0.875. The number of carboxylic acid groups (broad SMARTS) is 1. The van der Waals surface area contributed by atoms with E-state index >= 15 is 0 Å². The van der Waals surface area contributed by atoms with Gasteiger partial charge in [0.05, 0.1) is 6.10 Å². The maximum Gasteiger partial charge on any atom is 0.332 e. The standard InChI is InChI=1S/C8H15NO3/c1-2-7(8(10)11)12-6-3-4-9-5-6/h6-7,9H,2-5H2,1H3,(H,10,11). The molecule has 12 heavy (non-hydrogen) atoms. The van der Waals surface area contributed by atoms with E-state index in [0.717, 1.165) is 19.5 Å². The Labute approximate surface area is 71.9 Å². The first kappa shape index (κ1) is 9.48. The Morgan fingerprint density at radius 3 is 3.00 bits per heavy atom. The molecule has 2 atom stereocenters. The summed E-state index contributed by atoms with van der Waals surface area (Å²) >= 11 is 0. The van der Waals surface area contributed by atoms with E-state index in [9.17, 15) is 4.79 Å². The minimum absolute atomic E-state index is 0.0889. The molecule has 1 rings (SSSR count). The molecule has 4 heteroatoms. The largest absolute Gasteiger partial charge is 0.479 e. The second-order valence-electron chi connectivity index (χ2n) is 2.99. The van der Waals surface area contributed by atoms with E-state index in [2.05, 4.69) is 5.32 Å². The topological polar surface area (TPSA) is 58.6 Å². The lowest BCUT2D eigenvalue weighted by Gasteiger charge is -2.16. The smallest absolute Gasteiger partial charge is 0.332 e. The minimum Gasteiger partial charge on any atom is -0.479 e. The van der Waals surface area contributed by atoms with E-state index in [1.807, 2.05) is 6.92 Å².